The Kier molecular flexibility index (Phi) is 8.46. The Hall–Kier alpha value is -3.88. The van der Waals surface area contributed by atoms with Crippen LogP contribution >= 0.6 is 0 Å². The van der Waals surface area contributed by atoms with Crippen molar-refractivity contribution in [1.82, 2.24) is 4.90 Å². The summed E-state index contributed by atoms with van der Waals surface area (Å²) in [5, 5.41) is 2.61. The molecule has 3 amide bonds. The summed E-state index contributed by atoms with van der Waals surface area (Å²) in [6.45, 7) is 5.48. The number of benzene rings is 2. The SMILES string of the molecule is CC(OC(=O)c1ccc(OCC(=O)N2C(C)CCCC2C)cc1)C(=O)Nc1ccc(C(N)=O)cc1. The van der Waals surface area contributed by atoms with Gasteiger partial charge in [0.25, 0.3) is 11.8 Å². The van der Waals surface area contributed by atoms with Crippen LogP contribution in [0.1, 0.15) is 60.7 Å². The minimum atomic E-state index is -1.06. The van der Waals surface area contributed by atoms with Crippen molar-refractivity contribution in [2.45, 2.75) is 58.2 Å². The van der Waals surface area contributed by atoms with Crippen molar-refractivity contribution in [3.05, 3.63) is 59.7 Å². The van der Waals surface area contributed by atoms with Gasteiger partial charge in [0, 0.05) is 23.3 Å². The number of piperidine rings is 1. The van der Waals surface area contributed by atoms with E-state index in [1.165, 1.54) is 43.3 Å². The van der Waals surface area contributed by atoms with E-state index in [1.807, 2.05) is 4.90 Å². The molecule has 3 rings (SSSR count). The van der Waals surface area contributed by atoms with Gasteiger partial charge in [0.05, 0.1) is 5.56 Å². The number of ether oxygens (including phenoxy) is 2. The number of nitrogens with zero attached hydrogens (tertiary/aromatic N) is 1. The molecule has 0 radical (unpaired) electrons. The fourth-order valence-electron chi connectivity index (χ4n) is 4.06. The highest BCUT2D eigenvalue weighted by Crippen LogP contribution is 2.23. The fraction of sp³-hybridized carbons (Fsp3) is 0.385. The summed E-state index contributed by atoms with van der Waals surface area (Å²) in [6, 6.07) is 12.6. The molecule has 1 fully saturated rings. The molecule has 3 unspecified atom stereocenters. The number of nitrogens with one attached hydrogen (secondary N) is 1. The van der Waals surface area contributed by atoms with Crippen molar-refractivity contribution in [2.24, 2.45) is 5.73 Å². The molecular weight excluding hydrogens is 450 g/mol. The number of hydrogen-bond acceptors (Lipinski definition) is 6. The van der Waals surface area contributed by atoms with Crippen LogP contribution in [0.15, 0.2) is 48.5 Å². The summed E-state index contributed by atoms with van der Waals surface area (Å²) >= 11 is 0. The molecule has 1 saturated heterocycles. The smallest absolute Gasteiger partial charge is 0.338 e. The van der Waals surface area contributed by atoms with Gasteiger partial charge in [-0.2, -0.15) is 0 Å². The van der Waals surface area contributed by atoms with E-state index < -0.39 is 23.9 Å². The van der Waals surface area contributed by atoms with Crippen LogP contribution in [0.25, 0.3) is 0 Å². The summed E-state index contributed by atoms with van der Waals surface area (Å²) in [5.74, 6) is -1.37. The van der Waals surface area contributed by atoms with E-state index in [1.54, 1.807) is 12.1 Å². The molecule has 186 valence electrons. The molecule has 35 heavy (non-hydrogen) atoms. The van der Waals surface area contributed by atoms with Gasteiger partial charge in [-0.15, -0.1) is 0 Å². The van der Waals surface area contributed by atoms with Crippen molar-refractivity contribution in [3.63, 3.8) is 0 Å². The Morgan fingerprint density at radius 2 is 1.54 bits per heavy atom. The molecule has 3 N–H and O–H groups in total. The lowest BCUT2D eigenvalue weighted by molar-refractivity contribution is -0.139. The van der Waals surface area contributed by atoms with Gasteiger partial charge < -0.3 is 25.4 Å². The van der Waals surface area contributed by atoms with Gasteiger partial charge in [-0.05, 0) is 88.6 Å². The van der Waals surface area contributed by atoms with Crippen molar-refractivity contribution in [3.8, 4) is 5.75 Å². The topological polar surface area (TPSA) is 128 Å². The fourth-order valence-corrected chi connectivity index (χ4v) is 4.06. The molecule has 9 nitrogen and oxygen atoms in total. The molecule has 0 spiro atoms. The molecule has 2 aromatic rings. The van der Waals surface area contributed by atoms with Crippen LogP contribution in [0.2, 0.25) is 0 Å². The van der Waals surface area contributed by atoms with Gasteiger partial charge >= 0.3 is 5.97 Å². The number of amides is 3. The van der Waals surface area contributed by atoms with E-state index in [0.29, 0.717) is 17.0 Å². The average Bonchev–Trinajstić information content (AvgIpc) is 2.83. The minimum Gasteiger partial charge on any atom is -0.484 e. The van der Waals surface area contributed by atoms with Crippen molar-refractivity contribution in [2.75, 3.05) is 11.9 Å². The Labute approximate surface area is 204 Å². The number of primary amides is 1. The van der Waals surface area contributed by atoms with E-state index in [4.69, 9.17) is 15.2 Å². The number of esters is 1. The number of carbonyl (C=O) groups is 4. The maximum Gasteiger partial charge on any atom is 0.338 e. The summed E-state index contributed by atoms with van der Waals surface area (Å²) in [5.41, 5.74) is 6.19. The third-order valence-electron chi connectivity index (χ3n) is 6.02. The van der Waals surface area contributed by atoms with Crippen LogP contribution < -0.4 is 15.8 Å². The van der Waals surface area contributed by atoms with Gasteiger partial charge in [-0.3, -0.25) is 14.4 Å². The van der Waals surface area contributed by atoms with E-state index >= 15 is 0 Å². The Bertz CT molecular complexity index is 1060. The second-order valence-electron chi connectivity index (χ2n) is 8.72. The van der Waals surface area contributed by atoms with Gasteiger partial charge in [0.15, 0.2) is 12.7 Å². The highest BCUT2D eigenvalue weighted by atomic mass is 16.5. The maximum absolute atomic E-state index is 12.6. The molecule has 2 aromatic carbocycles. The lowest BCUT2D eigenvalue weighted by Crippen LogP contribution is -2.49. The molecule has 0 aliphatic carbocycles. The average molecular weight is 482 g/mol. The Balaban J connectivity index is 1.49. The molecule has 1 aliphatic heterocycles. The third-order valence-corrected chi connectivity index (χ3v) is 6.02. The Morgan fingerprint density at radius 3 is 2.11 bits per heavy atom. The van der Waals surface area contributed by atoms with Gasteiger partial charge in [-0.25, -0.2) is 4.79 Å². The van der Waals surface area contributed by atoms with Crippen molar-refractivity contribution in [1.29, 1.82) is 0 Å². The molecular formula is C26H31N3O6. The summed E-state index contributed by atoms with van der Waals surface area (Å²) in [4.78, 5) is 50.4. The number of hydrogen-bond donors (Lipinski definition) is 2. The molecule has 0 bridgehead atoms. The lowest BCUT2D eigenvalue weighted by Gasteiger charge is -2.38. The first-order chi connectivity index (χ1) is 16.7. The minimum absolute atomic E-state index is 0.0581. The number of likely N-dealkylation sites (tertiary alicyclic amines) is 1. The van der Waals surface area contributed by atoms with E-state index in [-0.39, 0.29) is 30.2 Å². The molecule has 3 atom stereocenters. The summed E-state index contributed by atoms with van der Waals surface area (Å²) < 4.78 is 10.9. The predicted molar refractivity (Wildman–Crippen MR) is 130 cm³/mol. The number of anilines is 1. The van der Waals surface area contributed by atoms with E-state index in [0.717, 1.165) is 19.3 Å². The standard InChI is InChI=1S/C26H31N3O6/c1-16-5-4-6-17(2)29(16)23(30)15-34-22-13-9-20(10-14-22)26(33)35-18(3)25(32)28-21-11-7-19(8-12-21)24(27)31/h7-14,16-18H,4-6,15H2,1-3H3,(H2,27,31)(H,28,32). The quantitative estimate of drug-likeness (QED) is 0.558. The number of rotatable bonds is 8. The summed E-state index contributed by atoms with van der Waals surface area (Å²) in [7, 11) is 0. The zero-order valence-corrected chi connectivity index (χ0v) is 20.2. The highest BCUT2D eigenvalue weighted by Gasteiger charge is 2.29. The van der Waals surface area contributed by atoms with Gasteiger partial charge in [-0.1, -0.05) is 0 Å². The summed E-state index contributed by atoms with van der Waals surface area (Å²) in [6.07, 6.45) is 2.05. The van der Waals surface area contributed by atoms with Crippen LogP contribution in [0.5, 0.6) is 5.75 Å². The number of nitrogens with two attached hydrogens (primary N) is 1. The second kappa shape index (κ2) is 11.5. The Morgan fingerprint density at radius 1 is 0.971 bits per heavy atom. The first-order valence-electron chi connectivity index (χ1n) is 11.6. The normalized spacial score (nSPS) is 18.3. The highest BCUT2D eigenvalue weighted by molar-refractivity contribution is 5.98. The predicted octanol–water partition coefficient (Wildman–Crippen LogP) is 3.14. The van der Waals surface area contributed by atoms with Crippen molar-refractivity contribution >= 4 is 29.4 Å². The molecule has 1 heterocycles. The van der Waals surface area contributed by atoms with E-state index in [2.05, 4.69) is 19.2 Å². The molecule has 0 aromatic heterocycles. The van der Waals surface area contributed by atoms with Crippen LogP contribution in [0, 0.1) is 0 Å². The van der Waals surface area contributed by atoms with Gasteiger partial charge in [0.1, 0.15) is 5.75 Å². The number of carbonyl (C=O) groups excluding carboxylic acids is 4. The largest absolute Gasteiger partial charge is 0.484 e. The zero-order valence-electron chi connectivity index (χ0n) is 20.2. The zero-order chi connectivity index (χ0) is 25.5. The van der Waals surface area contributed by atoms with Gasteiger partial charge in [0.2, 0.25) is 5.91 Å². The van der Waals surface area contributed by atoms with Crippen LogP contribution in [-0.2, 0) is 14.3 Å². The monoisotopic (exact) mass is 481 g/mol. The maximum atomic E-state index is 12.6. The van der Waals surface area contributed by atoms with Crippen LogP contribution in [0.4, 0.5) is 5.69 Å². The first kappa shape index (κ1) is 25.7. The first-order valence-corrected chi connectivity index (χ1v) is 11.6. The molecule has 1 aliphatic rings. The van der Waals surface area contributed by atoms with Crippen LogP contribution in [-0.4, -0.2) is 53.4 Å². The third kappa shape index (κ3) is 6.81. The molecule has 9 heteroatoms. The van der Waals surface area contributed by atoms with E-state index in [9.17, 15) is 19.2 Å². The second-order valence-corrected chi connectivity index (χ2v) is 8.72. The van der Waals surface area contributed by atoms with Crippen molar-refractivity contribution < 1.29 is 28.7 Å². The lowest BCUT2D eigenvalue weighted by atomic mass is 9.97. The molecule has 0 saturated carbocycles. The van der Waals surface area contributed by atoms with Crippen LogP contribution in [0.3, 0.4) is 0 Å².